The summed E-state index contributed by atoms with van der Waals surface area (Å²) in [6.45, 7) is 1.86. The van der Waals surface area contributed by atoms with E-state index in [0.717, 1.165) is 5.56 Å². The van der Waals surface area contributed by atoms with Crippen molar-refractivity contribution in [3.63, 3.8) is 0 Å². The molecule has 0 radical (unpaired) electrons. The minimum Gasteiger partial charge on any atom is -0.497 e. The number of nitrogens with one attached hydrogen (secondary N) is 2. The Morgan fingerprint density at radius 2 is 1.64 bits per heavy atom. The molecule has 2 amide bonds. The summed E-state index contributed by atoms with van der Waals surface area (Å²) in [4.78, 5) is 23.7. The van der Waals surface area contributed by atoms with Crippen molar-refractivity contribution < 1.29 is 19.1 Å². The van der Waals surface area contributed by atoms with E-state index in [4.69, 9.17) is 21.1 Å². The van der Waals surface area contributed by atoms with E-state index in [0.29, 0.717) is 28.8 Å². The van der Waals surface area contributed by atoms with Gasteiger partial charge in [0.1, 0.15) is 11.5 Å². The summed E-state index contributed by atoms with van der Waals surface area (Å²) in [6, 6.07) is 14.1. The average molecular weight is 404 g/mol. The van der Waals surface area contributed by atoms with Gasteiger partial charge in [-0.25, -0.2) is 5.43 Å². The van der Waals surface area contributed by atoms with Crippen LogP contribution in [-0.4, -0.2) is 31.2 Å². The third kappa shape index (κ3) is 7.67. The van der Waals surface area contributed by atoms with E-state index >= 15 is 0 Å². The van der Waals surface area contributed by atoms with E-state index < -0.39 is 5.91 Å². The number of halogens is 1. The Morgan fingerprint density at radius 3 is 2.29 bits per heavy atom. The number of methoxy groups -OCH3 is 1. The lowest BCUT2D eigenvalue weighted by Gasteiger charge is -2.07. The van der Waals surface area contributed by atoms with Crippen molar-refractivity contribution in [1.82, 2.24) is 10.7 Å². The van der Waals surface area contributed by atoms with Gasteiger partial charge in [0.2, 0.25) is 5.91 Å². The fourth-order valence-corrected chi connectivity index (χ4v) is 2.27. The van der Waals surface area contributed by atoms with Crippen LogP contribution in [0.15, 0.2) is 53.6 Å². The van der Waals surface area contributed by atoms with Crippen LogP contribution in [0.25, 0.3) is 0 Å². The van der Waals surface area contributed by atoms with E-state index in [2.05, 4.69) is 15.8 Å². The molecule has 2 aromatic carbocycles. The largest absolute Gasteiger partial charge is 0.497 e. The molecule has 0 fully saturated rings. The molecule has 8 heteroatoms. The summed E-state index contributed by atoms with van der Waals surface area (Å²) in [5.41, 5.74) is 3.78. The van der Waals surface area contributed by atoms with Gasteiger partial charge in [0.15, 0.2) is 6.61 Å². The summed E-state index contributed by atoms with van der Waals surface area (Å²) in [7, 11) is 1.57. The summed E-state index contributed by atoms with van der Waals surface area (Å²) in [5.74, 6) is 0.626. The minimum absolute atomic E-state index is 0.0766. The fourth-order valence-electron chi connectivity index (χ4n) is 2.15. The molecule has 0 saturated heterocycles. The normalized spacial score (nSPS) is 10.9. The molecule has 0 aliphatic carbocycles. The molecular formula is C20H22ClN3O4. The summed E-state index contributed by atoms with van der Waals surface area (Å²) in [6.07, 6.45) is 0.0766. The number of benzene rings is 2. The molecule has 7 nitrogen and oxygen atoms in total. The average Bonchev–Trinajstić information content (AvgIpc) is 2.70. The highest BCUT2D eigenvalue weighted by atomic mass is 35.5. The second-order valence-corrected chi connectivity index (χ2v) is 6.36. The zero-order chi connectivity index (χ0) is 20.4. The van der Waals surface area contributed by atoms with Gasteiger partial charge >= 0.3 is 0 Å². The summed E-state index contributed by atoms with van der Waals surface area (Å²) < 4.78 is 10.4. The Labute approximate surface area is 168 Å². The molecule has 2 rings (SSSR count). The van der Waals surface area contributed by atoms with Crippen LogP contribution in [0.1, 0.15) is 18.9 Å². The Balaban J connectivity index is 1.69. The number of hydrazone groups is 1. The molecule has 148 valence electrons. The maximum atomic E-state index is 11.9. The summed E-state index contributed by atoms with van der Waals surface area (Å²) >= 11 is 5.82. The first kappa shape index (κ1) is 21.2. The van der Waals surface area contributed by atoms with Crippen LogP contribution >= 0.6 is 11.6 Å². The summed E-state index contributed by atoms with van der Waals surface area (Å²) in [5, 5.41) is 7.33. The standard InChI is InChI=1S/C20H22ClN3O4/c1-14(11-19(25)22-12-15-3-5-16(21)6-4-15)23-24-20(26)13-28-18-9-7-17(27-2)8-10-18/h3-10H,11-13H2,1-2H3,(H,22,25)(H,24,26)/b23-14+. The van der Waals surface area contributed by atoms with Gasteiger partial charge in [0, 0.05) is 17.3 Å². The van der Waals surface area contributed by atoms with Gasteiger partial charge in [-0.1, -0.05) is 23.7 Å². The van der Waals surface area contributed by atoms with Gasteiger partial charge in [-0.2, -0.15) is 5.10 Å². The molecule has 0 spiro atoms. The van der Waals surface area contributed by atoms with Crippen molar-refractivity contribution in [2.75, 3.05) is 13.7 Å². The number of hydrogen-bond donors (Lipinski definition) is 2. The first-order chi connectivity index (χ1) is 13.5. The van der Waals surface area contributed by atoms with Crippen LogP contribution in [-0.2, 0) is 16.1 Å². The second-order valence-electron chi connectivity index (χ2n) is 5.93. The monoisotopic (exact) mass is 403 g/mol. The minimum atomic E-state index is -0.420. The molecule has 0 heterocycles. The van der Waals surface area contributed by atoms with Crippen molar-refractivity contribution in [3.05, 3.63) is 59.1 Å². The van der Waals surface area contributed by atoms with Crippen molar-refractivity contribution in [1.29, 1.82) is 0 Å². The van der Waals surface area contributed by atoms with E-state index in [9.17, 15) is 9.59 Å². The lowest BCUT2D eigenvalue weighted by atomic mass is 10.2. The van der Waals surface area contributed by atoms with E-state index in [1.807, 2.05) is 12.1 Å². The highest BCUT2D eigenvalue weighted by Crippen LogP contribution is 2.16. The van der Waals surface area contributed by atoms with E-state index in [1.54, 1.807) is 50.4 Å². The van der Waals surface area contributed by atoms with Crippen molar-refractivity contribution in [2.24, 2.45) is 5.10 Å². The SMILES string of the molecule is COc1ccc(OCC(=O)N/N=C(\C)CC(=O)NCc2ccc(Cl)cc2)cc1. The highest BCUT2D eigenvalue weighted by molar-refractivity contribution is 6.30. The Bertz CT molecular complexity index is 820. The first-order valence-electron chi connectivity index (χ1n) is 8.56. The number of amides is 2. The molecule has 0 saturated carbocycles. The van der Waals surface area contributed by atoms with Crippen molar-refractivity contribution >= 4 is 29.1 Å². The molecule has 28 heavy (non-hydrogen) atoms. The Kier molecular flexibility index (Phi) is 8.30. The molecule has 2 N–H and O–H groups in total. The lowest BCUT2D eigenvalue weighted by Crippen LogP contribution is -2.28. The third-order valence-corrected chi connectivity index (χ3v) is 3.87. The van der Waals surface area contributed by atoms with Crippen LogP contribution in [0, 0.1) is 0 Å². The second kappa shape index (κ2) is 10.9. The Hall–Kier alpha value is -3.06. The van der Waals surface area contributed by atoms with Crippen LogP contribution in [0.4, 0.5) is 0 Å². The zero-order valence-corrected chi connectivity index (χ0v) is 16.5. The zero-order valence-electron chi connectivity index (χ0n) is 15.7. The van der Waals surface area contributed by atoms with E-state index in [1.165, 1.54) is 0 Å². The van der Waals surface area contributed by atoms with Gasteiger partial charge in [0.25, 0.3) is 5.91 Å². The predicted molar refractivity (Wildman–Crippen MR) is 108 cm³/mol. The van der Waals surface area contributed by atoms with Crippen LogP contribution in [0.5, 0.6) is 11.5 Å². The third-order valence-electron chi connectivity index (χ3n) is 3.62. The number of hydrogen-bond acceptors (Lipinski definition) is 5. The molecule has 0 unspecified atom stereocenters. The topological polar surface area (TPSA) is 89.0 Å². The number of nitrogens with zero attached hydrogens (tertiary/aromatic N) is 1. The van der Waals surface area contributed by atoms with Crippen LogP contribution < -0.4 is 20.2 Å². The van der Waals surface area contributed by atoms with Crippen molar-refractivity contribution in [3.8, 4) is 11.5 Å². The van der Waals surface area contributed by atoms with Crippen molar-refractivity contribution in [2.45, 2.75) is 19.9 Å². The quantitative estimate of drug-likeness (QED) is 0.497. The Morgan fingerprint density at radius 1 is 1.00 bits per heavy atom. The fraction of sp³-hybridized carbons (Fsp3) is 0.250. The number of carbonyl (C=O) groups excluding carboxylic acids is 2. The van der Waals surface area contributed by atoms with Gasteiger partial charge in [0.05, 0.1) is 13.5 Å². The molecule has 0 aliphatic rings. The maximum Gasteiger partial charge on any atom is 0.277 e. The van der Waals surface area contributed by atoms with Gasteiger partial charge in [-0.15, -0.1) is 0 Å². The number of rotatable bonds is 9. The smallest absolute Gasteiger partial charge is 0.277 e. The molecule has 0 atom stereocenters. The molecule has 0 bridgehead atoms. The van der Waals surface area contributed by atoms with Gasteiger partial charge in [-0.3, -0.25) is 9.59 Å². The highest BCUT2D eigenvalue weighted by Gasteiger charge is 2.06. The predicted octanol–water partition coefficient (Wildman–Crippen LogP) is 2.93. The molecule has 0 aliphatic heterocycles. The maximum absolute atomic E-state index is 11.9. The van der Waals surface area contributed by atoms with Crippen LogP contribution in [0.3, 0.4) is 0 Å². The van der Waals surface area contributed by atoms with E-state index in [-0.39, 0.29) is 18.9 Å². The number of ether oxygens (including phenoxy) is 2. The lowest BCUT2D eigenvalue weighted by molar-refractivity contribution is -0.123. The van der Waals surface area contributed by atoms with Gasteiger partial charge in [-0.05, 0) is 48.9 Å². The van der Waals surface area contributed by atoms with Gasteiger partial charge < -0.3 is 14.8 Å². The molecule has 0 aromatic heterocycles. The van der Waals surface area contributed by atoms with Crippen LogP contribution in [0.2, 0.25) is 5.02 Å². The number of carbonyl (C=O) groups is 2. The molecular weight excluding hydrogens is 382 g/mol. The molecule has 2 aromatic rings. The first-order valence-corrected chi connectivity index (χ1v) is 8.94.